The average molecular weight is 249 g/mol. The quantitative estimate of drug-likeness (QED) is 0.828. The lowest BCUT2D eigenvalue weighted by molar-refractivity contribution is 0.0176. The predicted molar refractivity (Wildman–Crippen MR) is 69.7 cm³/mol. The summed E-state index contributed by atoms with van der Waals surface area (Å²) in [6, 6.07) is 3.78. The van der Waals surface area contributed by atoms with E-state index in [0.717, 1.165) is 19.4 Å². The van der Waals surface area contributed by atoms with Gasteiger partial charge in [-0.15, -0.1) is 0 Å². The number of anilines is 1. The Kier molecular flexibility index (Phi) is 4.15. The van der Waals surface area contributed by atoms with Crippen LogP contribution in [0, 0.1) is 0 Å². The monoisotopic (exact) mass is 249 g/mol. The fourth-order valence-corrected chi connectivity index (χ4v) is 2.04. The molecule has 0 atom stereocenters. The SMILES string of the molecule is CCNc1ncccc1C(=O)NC1CC(OC)C1. The second-order valence-electron chi connectivity index (χ2n) is 4.43. The molecule has 5 heteroatoms. The molecular formula is C13H19N3O2. The van der Waals surface area contributed by atoms with Crippen LogP contribution >= 0.6 is 0 Å². The van der Waals surface area contributed by atoms with Crippen LogP contribution in [0.15, 0.2) is 18.3 Å². The molecule has 2 rings (SSSR count). The van der Waals surface area contributed by atoms with E-state index in [1.54, 1.807) is 25.4 Å². The number of ether oxygens (including phenoxy) is 1. The minimum Gasteiger partial charge on any atom is -0.381 e. The van der Waals surface area contributed by atoms with Gasteiger partial charge in [-0.2, -0.15) is 0 Å². The van der Waals surface area contributed by atoms with Crippen LogP contribution < -0.4 is 10.6 Å². The topological polar surface area (TPSA) is 63.2 Å². The number of hydrogen-bond acceptors (Lipinski definition) is 4. The number of amides is 1. The van der Waals surface area contributed by atoms with Gasteiger partial charge in [-0.25, -0.2) is 4.98 Å². The summed E-state index contributed by atoms with van der Waals surface area (Å²) in [5.74, 6) is 0.568. The highest BCUT2D eigenvalue weighted by molar-refractivity contribution is 5.98. The van der Waals surface area contributed by atoms with Crippen molar-refractivity contribution in [2.24, 2.45) is 0 Å². The van der Waals surface area contributed by atoms with Gasteiger partial charge in [0.15, 0.2) is 0 Å². The Balaban J connectivity index is 1.96. The normalized spacial score (nSPS) is 22.1. The Labute approximate surface area is 107 Å². The first-order valence-electron chi connectivity index (χ1n) is 6.27. The molecule has 0 unspecified atom stereocenters. The van der Waals surface area contributed by atoms with Crippen LogP contribution in [0.4, 0.5) is 5.82 Å². The number of aromatic nitrogens is 1. The van der Waals surface area contributed by atoms with E-state index in [-0.39, 0.29) is 18.1 Å². The minimum absolute atomic E-state index is 0.0707. The molecule has 5 nitrogen and oxygen atoms in total. The van der Waals surface area contributed by atoms with Gasteiger partial charge in [-0.3, -0.25) is 4.79 Å². The third-order valence-electron chi connectivity index (χ3n) is 3.16. The molecule has 1 fully saturated rings. The van der Waals surface area contributed by atoms with Crippen molar-refractivity contribution >= 4 is 11.7 Å². The third kappa shape index (κ3) is 2.79. The zero-order chi connectivity index (χ0) is 13.0. The zero-order valence-corrected chi connectivity index (χ0v) is 10.8. The van der Waals surface area contributed by atoms with E-state index in [4.69, 9.17) is 4.74 Å². The third-order valence-corrected chi connectivity index (χ3v) is 3.16. The second-order valence-corrected chi connectivity index (χ2v) is 4.43. The van der Waals surface area contributed by atoms with Crippen molar-refractivity contribution in [1.29, 1.82) is 0 Å². The molecule has 0 aromatic carbocycles. The lowest BCUT2D eigenvalue weighted by Crippen LogP contribution is -2.47. The summed E-state index contributed by atoms with van der Waals surface area (Å²) in [5, 5.41) is 6.09. The van der Waals surface area contributed by atoms with E-state index in [2.05, 4.69) is 15.6 Å². The van der Waals surface area contributed by atoms with Crippen LogP contribution in [0.3, 0.4) is 0 Å². The summed E-state index contributed by atoms with van der Waals surface area (Å²) in [6.45, 7) is 2.72. The van der Waals surface area contributed by atoms with Crippen molar-refractivity contribution in [1.82, 2.24) is 10.3 Å². The number of hydrogen-bond donors (Lipinski definition) is 2. The molecule has 1 aromatic heterocycles. The Morgan fingerprint density at radius 1 is 1.56 bits per heavy atom. The van der Waals surface area contributed by atoms with E-state index in [9.17, 15) is 4.79 Å². The Morgan fingerprint density at radius 3 is 3.00 bits per heavy atom. The van der Waals surface area contributed by atoms with Crippen LogP contribution in [0.1, 0.15) is 30.1 Å². The Bertz CT molecular complexity index is 416. The molecule has 0 radical (unpaired) electrons. The van der Waals surface area contributed by atoms with Gasteiger partial charge >= 0.3 is 0 Å². The van der Waals surface area contributed by atoms with E-state index in [0.29, 0.717) is 11.4 Å². The average Bonchev–Trinajstić information content (AvgIpc) is 2.34. The molecule has 1 aliphatic rings. The lowest BCUT2D eigenvalue weighted by atomic mass is 9.89. The first kappa shape index (κ1) is 12.8. The first-order chi connectivity index (χ1) is 8.74. The molecule has 98 valence electrons. The van der Waals surface area contributed by atoms with E-state index in [1.807, 2.05) is 6.92 Å². The molecular weight excluding hydrogens is 230 g/mol. The summed E-state index contributed by atoms with van der Waals surface area (Å²) >= 11 is 0. The molecule has 1 heterocycles. The summed E-state index contributed by atoms with van der Waals surface area (Å²) in [5.41, 5.74) is 0.597. The number of methoxy groups -OCH3 is 1. The van der Waals surface area contributed by atoms with Crippen molar-refractivity contribution in [3.05, 3.63) is 23.9 Å². The number of rotatable bonds is 5. The smallest absolute Gasteiger partial charge is 0.255 e. The first-order valence-corrected chi connectivity index (χ1v) is 6.27. The van der Waals surface area contributed by atoms with Crippen LogP contribution in [0.2, 0.25) is 0 Å². The molecule has 0 aliphatic heterocycles. The second kappa shape index (κ2) is 5.82. The van der Waals surface area contributed by atoms with Gasteiger partial charge in [0.2, 0.25) is 0 Å². The zero-order valence-electron chi connectivity index (χ0n) is 10.8. The van der Waals surface area contributed by atoms with E-state index < -0.39 is 0 Å². The molecule has 0 bridgehead atoms. The molecule has 1 amide bonds. The maximum absolute atomic E-state index is 12.1. The highest BCUT2D eigenvalue weighted by Crippen LogP contribution is 2.23. The molecule has 0 spiro atoms. The van der Waals surface area contributed by atoms with Crippen molar-refractivity contribution < 1.29 is 9.53 Å². The number of nitrogens with zero attached hydrogens (tertiary/aromatic N) is 1. The van der Waals surface area contributed by atoms with Crippen LogP contribution in [-0.4, -0.2) is 36.7 Å². The van der Waals surface area contributed by atoms with E-state index in [1.165, 1.54) is 0 Å². The molecule has 2 N–H and O–H groups in total. The number of nitrogens with one attached hydrogen (secondary N) is 2. The highest BCUT2D eigenvalue weighted by atomic mass is 16.5. The Morgan fingerprint density at radius 2 is 2.33 bits per heavy atom. The molecule has 0 saturated heterocycles. The minimum atomic E-state index is -0.0707. The van der Waals surface area contributed by atoms with Gasteiger partial charge in [0.1, 0.15) is 5.82 Å². The summed E-state index contributed by atoms with van der Waals surface area (Å²) in [6.07, 6.45) is 3.74. The van der Waals surface area contributed by atoms with Gasteiger partial charge in [-0.1, -0.05) is 0 Å². The predicted octanol–water partition coefficient (Wildman–Crippen LogP) is 1.42. The summed E-state index contributed by atoms with van der Waals surface area (Å²) in [4.78, 5) is 16.3. The van der Waals surface area contributed by atoms with Crippen molar-refractivity contribution in [3.8, 4) is 0 Å². The van der Waals surface area contributed by atoms with Crippen LogP contribution in [-0.2, 0) is 4.74 Å². The van der Waals surface area contributed by atoms with Crippen LogP contribution in [0.5, 0.6) is 0 Å². The van der Waals surface area contributed by atoms with Crippen molar-refractivity contribution in [2.45, 2.75) is 31.9 Å². The highest BCUT2D eigenvalue weighted by Gasteiger charge is 2.30. The maximum Gasteiger partial charge on any atom is 0.255 e. The molecule has 1 saturated carbocycles. The number of carbonyl (C=O) groups excluding carboxylic acids is 1. The molecule has 18 heavy (non-hydrogen) atoms. The number of carbonyl (C=O) groups is 1. The van der Waals surface area contributed by atoms with Gasteiger partial charge in [0, 0.05) is 25.9 Å². The van der Waals surface area contributed by atoms with Crippen LogP contribution in [0.25, 0.3) is 0 Å². The maximum atomic E-state index is 12.1. The standard InChI is InChI=1S/C13H19N3O2/c1-3-14-12-11(5-4-6-15-12)13(17)16-9-7-10(8-9)18-2/h4-6,9-10H,3,7-8H2,1-2H3,(H,14,15)(H,16,17). The van der Waals surface area contributed by atoms with Crippen molar-refractivity contribution in [2.75, 3.05) is 19.0 Å². The fourth-order valence-electron chi connectivity index (χ4n) is 2.04. The largest absolute Gasteiger partial charge is 0.381 e. The lowest BCUT2D eigenvalue weighted by Gasteiger charge is -2.34. The van der Waals surface area contributed by atoms with Gasteiger partial charge in [-0.05, 0) is 31.9 Å². The van der Waals surface area contributed by atoms with Gasteiger partial charge in [0.25, 0.3) is 5.91 Å². The number of pyridine rings is 1. The summed E-state index contributed by atoms with van der Waals surface area (Å²) < 4.78 is 5.19. The van der Waals surface area contributed by atoms with Gasteiger partial charge in [0.05, 0.1) is 11.7 Å². The van der Waals surface area contributed by atoms with Crippen molar-refractivity contribution in [3.63, 3.8) is 0 Å². The summed E-state index contributed by atoms with van der Waals surface area (Å²) in [7, 11) is 1.70. The molecule has 1 aromatic rings. The van der Waals surface area contributed by atoms with E-state index >= 15 is 0 Å². The Hall–Kier alpha value is -1.62. The van der Waals surface area contributed by atoms with Gasteiger partial charge < -0.3 is 15.4 Å². The molecule has 1 aliphatic carbocycles. The fraction of sp³-hybridized carbons (Fsp3) is 0.538.